The number of anilines is 1. The van der Waals surface area contributed by atoms with Crippen LogP contribution < -0.4 is 10.2 Å². The van der Waals surface area contributed by atoms with E-state index in [1.165, 1.54) is 6.07 Å². The van der Waals surface area contributed by atoms with Gasteiger partial charge in [-0.05, 0) is 31.4 Å². The maximum absolute atomic E-state index is 13.7. The number of para-hydroxylation sites is 1. The quantitative estimate of drug-likeness (QED) is 0.766. The Bertz CT molecular complexity index is 380. The molecule has 1 N–H and O–H groups in total. The van der Waals surface area contributed by atoms with Gasteiger partial charge in [0.15, 0.2) is 0 Å². The topological polar surface area (TPSA) is 24.5 Å². The minimum Gasteiger partial charge on any atom is -0.381 e. The highest BCUT2D eigenvalue weighted by Gasteiger charge is 2.15. The van der Waals surface area contributed by atoms with Crippen molar-refractivity contribution < 1.29 is 9.13 Å². The smallest absolute Gasteiger partial charge is 0.146 e. The van der Waals surface area contributed by atoms with Crippen molar-refractivity contribution in [1.29, 1.82) is 0 Å². The molecular weight excluding hydrogens is 243 g/mol. The molecule has 1 heterocycles. The number of benzene rings is 1. The van der Waals surface area contributed by atoms with Gasteiger partial charge in [-0.1, -0.05) is 12.1 Å². The summed E-state index contributed by atoms with van der Waals surface area (Å²) in [6.45, 7) is 7.32. The van der Waals surface area contributed by atoms with E-state index in [1.807, 2.05) is 12.1 Å². The molecule has 1 aromatic carbocycles. The van der Waals surface area contributed by atoms with E-state index in [0.29, 0.717) is 11.6 Å². The van der Waals surface area contributed by atoms with Crippen molar-refractivity contribution in [2.75, 3.05) is 44.3 Å². The van der Waals surface area contributed by atoms with Gasteiger partial charge in [0.1, 0.15) is 5.82 Å². The van der Waals surface area contributed by atoms with Crippen LogP contribution in [0.25, 0.3) is 0 Å². The molecule has 1 saturated heterocycles. The molecule has 1 unspecified atom stereocenters. The normalized spacial score (nSPS) is 18.7. The number of ether oxygens (including phenoxy) is 1. The number of hydrogen-bond acceptors (Lipinski definition) is 3. The molecule has 106 valence electrons. The van der Waals surface area contributed by atoms with Crippen LogP contribution in [0.1, 0.15) is 13.3 Å². The van der Waals surface area contributed by atoms with Crippen LogP contribution in [0.5, 0.6) is 0 Å². The SMILES string of the molecule is CCN(CCNCC1CCOC1)c1ccccc1F. The molecule has 1 fully saturated rings. The Balaban J connectivity index is 1.74. The van der Waals surface area contributed by atoms with Gasteiger partial charge < -0.3 is 15.0 Å². The number of nitrogens with zero attached hydrogens (tertiary/aromatic N) is 1. The Hall–Kier alpha value is -1.13. The van der Waals surface area contributed by atoms with Crippen LogP contribution in [0.4, 0.5) is 10.1 Å². The van der Waals surface area contributed by atoms with Gasteiger partial charge in [0.25, 0.3) is 0 Å². The maximum Gasteiger partial charge on any atom is 0.146 e. The molecule has 19 heavy (non-hydrogen) atoms. The third-order valence-corrected chi connectivity index (χ3v) is 3.59. The standard InChI is InChI=1S/C15H23FN2O/c1-2-18(15-6-4-3-5-14(15)16)9-8-17-11-13-7-10-19-12-13/h3-6,13,17H,2,7-12H2,1H3. The van der Waals surface area contributed by atoms with Gasteiger partial charge in [-0.2, -0.15) is 0 Å². The van der Waals surface area contributed by atoms with E-state index < -0.39 is 0 Å². The molecule has 1 aliphatic rings. The van der Waals surface area contributed by atoms with Crippen molar-refractivity contribution in [2.45, 2.75) is 13.3 Å². The molecule has 1 aromatic rings. The van der Waals surface area contributed by atoms with E-state index in [-0.39, 0.29) is 5.82 Å². The minimum atomic E-state index is -0.145. The second-order valence-electron chi connectivity index (χ2n) is 4.96. The van der Waals surface area contributed by atoms with E-state index in [2.05, 4.69) is 17.1 Å². The summed E-state index contributed by atoms with van der Waals surface area (Å²) in [5.74, 6) is 0.497. The first-order valence-electron chi connectivity index (χ1n) is 7.09. The lowest BCUT2D eigenvalue weighted by molar-refractivity contribution is 0.185. The van der Waals surface area contributed by atoms with E-state index >= 15 is 0 Å². The molecule has 0 aromatic heterocycles. The lowest BCUT2D eigenvalue weighted by Crippen LogP contribution is -2.34. The summed E-state index contributed by atoms with van der Waals surface area (Å²) in [5, 5.41) is 3.44. The number of nitrogens with one attached hydrogen (secondary N) is 1. The summed E-state index contributed by atoms with van der Waals surface area (Å²) in [7, 11) is 0. The predicted octanol–water partition coefficient (Wildman–Crippen LogP) is 2.28. The lowest BCUT2D eigenvalue weighted by atomic mass is 10.1. The fourth-order valence-electron chi connectivity index (χ4n) is 2.42. The first-order valence-corrected chi connectivity index (χ1v) is 7.09. The van der Waals surface area contributed by atoms with Crippen LogP contribution >= 0.6 is 0 Å². The highest BCUT2D eigenvalue weighted by Crippen LogP contribution is 2.17. The van der Waals surface area contributed by atoms with Gasteiger partial charge >= 0.3 is 0 Å². The molecule has 0 radical (unpaired) electrons. The van der Waals surface area contributed by atoms with E-state index in [1.54, 1.807) is 6.07 Å². The Morgan fingerprint density at radius 1 is 1.42 bits per heavy atom. The zero-order valence-electron chi connectivity index (χ0n) is 11.6. The van der Waals surface area contributed by atoms with Gasteiger partial charge in [0.05, 0.1) is 12.3 Å². The van der Waals surface area contributed by atoms with E-state index in [0.717, 1.165) is 45.8 Å². The van der Waals surface area contributed by atoms with Crippen LogP contribution in [-0.2, 0) is 4.74 Å². The number of halogens is 1. The van der Waals surface area contributed by atoms with E-state index in [4.69, 9.17) is 4.74 Å². The predicted molar refractivity (Wildman–Crippen MR) is 76.1 cm³/mol. The van der Waals surface area contributed by atoms with Crippen molar-refractivity contribution >= 4 is 5.69 Å². The first kappa shape index (κ1) is 14.3. The van der Waals surface area contributed by atoms with Gasteiger partial charge in [-0.25, -0.2) is 4.39 Å². The average Bonchev–Trinajstić information content (AvgIpc) is 2.93. The summed E-state index contributed by atoms with van der Waals surface area (Å²) in [4.78, 5) is 2.06. The average molecular weight is 266 g/mol. The Morgan fingerprint density at radius 3 is 2.95 bits per heavy atom. The Labute approximate surface area is 114 Å². The fourth-order valence-corrected chi connectivity index (χ4v) is 2.42. The summed E-state index contributed by atoms with van der Waals surface area (Å²) in [6, 6.07) is 6.96. The first-order chi connectivity index (χ1) is 9.31. The molecule has 2 rings (SSSR count). The van der Waals surface area contributed by atoms with Crippen molar-refractivity contribution in [3.63, 3.8) is 0 Å². The summed E-state index contributed by atoms with van der Waals surface area (Å²) < 4.78 is 19.0. The number of likely N-dealkylation sites (N-methyl/N-ethyl adjacent to an activating group) is 1. The molecule has 1 atom stereocenters. The zero-order chi connectivity index (χ0) is 13.5. The van der Waals surface area contributed by atoms with E-state index in [9.17, 15) is 4.39 Å². The van der Waals surface area contributed by atoms with Crippen molar-refractivity contribution in [1.82, 2.24) is 5.32 Å². The molecule has 0 spiro atoms. The van der Waals surface area contributed by atoms with Crippen LogP contribution in [0, 0.1) is 11.7 Å². The third-order valence-electron chi connectivity index (χ3n) is 3.59. The molecule has 1 aliphatic heterocycles. The zero-order valence-corrected chi connectivity index (χ0v) is 11.6. The molecule has 0 saturated carbocycles. The fraction of sp³-hybridized carbons (Fsp3) is 0.600. The van der Waals surface area contributed by atoms with Crippen LogP contribution in [0.3, 0.4) is 0 Å². The molecular formula is C15H23FN2O. The van der Waals surface area contributed by atoms with Crippen molar-refractivity contribution in [2.24, 2.45) is 5.92 Å². The van der Waals surface area contributed by atoms with Crippen LogP contribution in [0.2, 0.25) is 0 Å². The highest BCUT2D eigenvalue weighted by molar-refractivity contribution is 5.47. The Morgan fingerprint density at radius 2 is 2.26 bits per heavy atom. The summed E-state index contributed by atoms with van der Waals surface area (Å²) in [5.41, 5.74) is 0.691. The van der Waals surface area contributed by atoms with Gasteiger partial charge in [-0.3, -0.25) is 0 Å². The molecule has 4 heteroatoms. The van der Waals surface area contributed by atoms with Crippen molar-refractivity contribution in [3.05, 3.63) is 30.1 Å². The maximum atomic E-state index is 13.7. The van der Waals surface area contributed by atoms with Gasteiger partial charge in [0, 0.05) is 32.8 Å². The van der Waals surface area contributed by atoms with Gasteiger partial charge in [0.2, 0.25) is 0 Å². The number of hydrogen-bond donors (Lipinski definition) is 1. The second kappa shape index (κ2) is 7.46. The largest absolute Gasteiger partial charge is 0.381 e. The number of rotatable bonds is 7. The lowest BCUT2D eigenvalue weighted by Gasteiger charge is -2.24. The highest BCUT2D eigenvalue weighted by atomic mass is 19.1. The Kier molecular flexibility index (Phi) is 5.61. The summed E-state index contributed by atoms with van der Waals surface area (Å²) in [6.07, 6.45) is 1.15. The third kappa shape index (κ3) is 4.18. The van der Waals surface area contributed by atoms with Gasteiger partial charge in [-0.15, -0.1) is 0 Å². The van der Waals surface area contributed by atoms with Crippen molar-refractivity contribution in [3.8, 4) is 0 Å². The molecule has 0 bridgehead atoms. The second-order valence-corrected chi connectivity index (χ2v) is 4.96. The molecule has 3 nitrogen and oxygen atoms in total. The molecule has 0 aliphatic carbocycles. The minimum absolute atomic E-state index is 0.145. The van der Waals surface area contributed by atoms with Crippen LogP contribution in [0.15, 0.2) is 24.3 Å². The summed E-state index contributed by atoms with van der Waals surface area (Å²) >= 11 is 0. The monoisotopic (exact) mass is 266 g/mol. The molecule has 0 amide bonds. The van der Waals surface area contributed by atoms with Crippen LogP contribution in [-0.4, -0.2) is 39.4 Å².